The summed E-state index contributed by atoms with van der Waals surface area (Å²) in [6.45, 7) is 0. The van der Waals surface area contributed by atoms with Gasteiger partial charge in [0.15, 0.2) is 5.82 Å². The molecule has 70 heavy (non-hydrogen) atoms. The van der Waals surface area contributed by atoms with E-state index in [-0.39, 0.29) is 0 Å². The Kier molecular flexibility index (Phi) is 9.14. The molecule has 0 amide bonds. The van der Waals surface area contributed by atoms with E-state index in [1.807, 2.05) is 12.1 Å². The van der Waals surface area contributed by atoms with Crippen LogP contribution in [0.5, 0.6) is 0 Å². The second kappa shape index (κ2) is 16.1. The van der Waals surface area contributed by atoms with Crippen molar-refractivity contribution in [1.29, 1.82) is 0 Å². The lowest BCUT2D eigenvalue weighted by Crippen LogP contribution is -1.98. The number of rotatable bonds is 7. The highest BCUT2D eigenvalue weighted by molar-refractivity contribution is 6.27. The summed E-state index contributed by atoms with van der Waals surface area (Å²) in [6.07, 6.45) is 0. The van der Waals surface area contributed by atoms with Crippen molar-refractivity contribution >= 4 is 65.4 Å². The molecule has 4 heterocycles. The van der Waals surface area contributed by atoms with E-state index < -0.39 is 0 Å². The average Bonchev–Trinajstić information content (AvgIpc) is 3.98. The maximum atomic E-state index is 6.62. The first-order valence-electron chi connectivity index (χ1n) is 23.7. The molecule has 10 aromatic carbocycles. The van der Waals surface area contributed by atoms with Gasteiger partial charge in [-0.25, -0.2) is 15.0 Å². The number of pyridine rings is 1. The highest BCUT2D eigenvalue weighted by atomic mass is 16.3. The van der Waals surface area contributed by atoms with Crippen LogP contribution in [0.4, 0.5) is 0 Å². The van der Waals surface area contributed by atoms with E-state index in [9.17, 15) is 0 Å². The first-order valence-corrected chi connectivity index (χ1v) is 23.7. The number of nitrogens with zero attached hydrogens (tertiary/aromatic N) is 4. The molecule has 0 saturated heterocycles. The molecular weight excluding hydrogens is 853 g/mol. The van der Waals surface area contributed by atoms with Crippen molar-refractivity contribution in [3.63, 3.8) is 0 Å². The number of furan rings is 1. The molecule has 0 saturated carbocycles. The van der Waals surface area contributed by atoms with Crippen LogP contribution < -0.4 is 0 Å². The van der Waals surface area contributed by atoms with Crippen LogP contribution in [0, 0.1) is 0 Å². The maximum absolute atomic E-state index is 6.62. The summed E-state index contributed by atoms with van der Waals surface area (Å²) in [5.74, 6) is 0.662. The molecule has 0 aliphatic carbocycles. The lowest BCUT2D eigenvalue weighted by Gasteiger charge is -2.16. The largest absolute Gasteiger partial charge is 0.456 e. The molecule has 0 N–H and O–H groups in total. The molecule has 5 nitrogen and oxygen atoms in total. The number of fused-ring (bicyclic) bond motifs is 9. The molecule has 0 radical (unpaired) electrons. The van der Waals surface area contributed by atoms with Gasteiger partial charge in [0.2, 0.25) is 0 Å². The molecule has 0 aliphatic rings. The fraction of sp³-hybridized carbons (Fsp3) is 0. The smallest absolute Gasteiger partial charge is 0.160 e. The van der Waals surface area contributed by atoms with Crippen LogP contribution in [0.25, 0.3) is 139 Å². The summed E-state index contributed by atoms with van der Waals surface area (Å²) < 4.78 is 8.97. The minimum absolute atomic E-state index is 0.662. The van der Waals surface area contributed by atoms with E-state index in [2.05, 4.69) is 235 Å². The van der Waals surface area contributed by atoms with Gasteiger partial charge >= 0.3 is 0 Å². The first-order chi connectivity index (χ1) is 34.7. The number of hydrogen-bond donors (Lipinski definition) is 0. The number of benzene rings is 10. The van der Waals surface area contributed by atoms with Gasteiger partial charge in [0, 0.05) is 71.2 Å². The Labute approximate surface area is 403 Å². The summed E-state index contributed by atoms with van der Waals surface area (Å²) in [7, 11) is 0. The number of para-hydroxylation sites is 4. The van der Waals surface area contributed by atoms with Crippen molar-refractivity contribution in [1.82, 2.24) is 19.5 Å². The van der Waals surface area contributed by atoms with Crippen LogP contribution in [0.1, 0.15) is 0 Å². The minimum Gasteiger partial charge on any atom is -0.456 e. The summed E-state index contributed by atoms with van der Waals surface area (Å²) in [5, 5.41) is 8.00. The van der Waals surface area contributed by atoms with Gasteiger partial charge in [-0.1, -0.05) is 188 Å². The zero-order valence-electron chi connectivity index (χ0n) is 37.8. The van der Waals surface area contributed by atoms with Gasteiger partial charge < -0.3 is 8.98 Å². The van der Waals surface area contributed by atoms with Crippen molar-refractivity contribution in [3.8, 4) is 73.1 Å². The molecule has 0 bridgehead atoms. The first kappa shape index (κ1) is 39.7. The van der Waals surface area contributed by atoms with Gasteiger partial charge in [-0.05, 0) is 71.3 Å². The van der Waals surface area contributed by atoms with Gasteiger partial charge in [-0.3, -0.25) is 0 Å². The molecule has 5 heteroatoms. The third kappa shape index (κ3) is 6.51. The summed E-state index contributed by atoms with van der Waals surface area (Å²) >= 11 is 0. The quantitative estimate of drug-likeness (QED) is 0.150. The van der Waals surface area contributed by atoms with Gasteiger partial charge in [0.25, 0.3) is 0 Å². The Morgan fingerprint density at radius 3 is 1.64 bits per heavy atom. The van der Waals surface area contributed by atoms with Crippen LogP contribution in [-0.2, 0) is 0 Å². The van der Waals surface area contributed by atoms with Crippen LogP contribution >= 0.6 is 0 Å². The Bertz CT molecular complexity index is 4290. The van der Waals surface area contributed by atoms with Crippen molar-refractivity contribution in [2.24, 2.45) is 0 Å². The Hall–Kier alpha value is -9.45. The van der Waals surface area contributed by atoms with Gasteiger partial charge in [-0.15, -0.1) is 0 Å². The van der Waals surface area contributed by atoms with Gasteiger partial charge in [-0.2, -0.15) is 0 Å². The lowest BCUT2D eigenvalue weighted by atomic mass is 9.89. The normalized spacial score (nSPS) is 11.7. The predicted octanol–water partition coefficient (Wildman–Crippen LogP) is 17.2. The fourth-order valence-electron chi connectivity index (χ4n) is 10.6. The maximum Gasteiger partial charge on any atom is 0.160 e. The van der Waals surface area contributed by atoms with Crippen molar-refractivity contribution in [2.75, 3.05) is 0 Å². The zero-order valence-corrected chi connectivity index (χ0v) is 37.8. The van der Waals surface area contributed by atoms with Crippen molar-refractivity contribution in [3.05, 3.63) is 243 Å². The molecule has 0 unspecified atom stereocenters. The van der Waals surface area contributed by atoms with E-state index in [0.717, 1.165) is 111 Å². The molecule has 326 valence electrons. The lowest BCUT2D eigenvalue weighted by molar-refractivity contribution is 0.669. The fourth-order valence-corrected chi connectivity index (χ4v) is 10.6. The number of hydrogen-bond acceptors (Lipinski definition) is 4. The van der Waals surface area contributed by atoms with Crippen LogP contribution in [0.3, 0.4) is 0 Å². The molecule has 4 aromatic heterocycles. The third-order valence-electron chi connectivity index (χ3n) is 13.8. The second-order valence-electron chi connectivity index (χ2n) is 17.9. The van der Waals surface area contributed by atoms with Crippen LogP contribution in [0.2, 0.25) is 0 Å². The van der Waals surface area contributed by atoms with E-state index in [1.165, 1.54) is 21.8 Å². The summed E-state index contributed by atoms with van der Waals surface area (Å²) in [4.78, 5) is 15.9. The molecule has 0 atom stereocenters. The minimum atomic E-state index is 0.662. The highest BCUT2D eigenvalue weighted by Gasteiger charge is 2.22. The topological polar surface area (TPSA) is 56.7 Å². The second-order valence-corrected chi connectivity index (χ2v) is 17.9. The molecule has 0 spiro atoms. The van der Waals surface area contributed by atoms with E-state index in [0.29, 0.717) is 5.82 Å². The third-order valence-corrected chi connectivity index (χ3v) is 13.8. The van der Waals surface area contributed by atoms with E-state index in [1.54, 1.807) is 0 Å². The van der Waals surface area contributed by atoms with Gasteiger partial charge in [0.05, 0.1) is 33.6 Å². The molecule has 14 aromatic rings. The Morgan fingerprint density at radius 1 is 0.314 bits per heavy atom. The summed E-state index contributed by atoms with van der Waals surface area (Å²) in [5.41, 5.74) is 17.2. The molecule has 0 fully saturated rings. The highest BCUT2D eigenvalue weighted by Crippen LogP contribution is 2.46. The van der Waals surface area contributed by atoms with Gasteiger partial charge in [0.1, 0.15) is 11.2 Å². The Morgan fingerprint density at radius 2 is 0.886 bits per heavy atom. The molecule has 14 rings (SSSR count). The Balaban J connectivity index is 0.880. The number of aromatic nitrogens is 4. The average molecular weight is 893 g/mol. The van der Waals surface area contributed by atoms with Crippen LogP contribution in [0.15, 0.2) is 247 Å². The standard InChI is InChI=1S/C65H40N4O/c1-3-17-42(18-4-1)55-40-56(46-22-16-24-48(38-46)69-57-30-12-8-25-49(57)50-26-9-13-31-58(50)69)68-65(67-55)47-23-15-21-45(37-47)41-33-35-44(36-34-41)64-53-39-60-63(52-28-10-14-32-59(52)70-60)61(43-19-5-2-6-20-43)62(53)51-27-7-11-29-54(51)66-64/h1-40H. The monoisotopic (exact) mass is 892 g/mol. The van der Waals surface area contributed by atoms with Crippen molar-refractivity contribution in [2.45, 2.75) is 0 Å². The predicted molar refractivity (Wildman–Crippen MR) is 289 cm³/mol. The van der Waals surface area contributed by atoms with E-state index >= 15 is 0 Å². The SMILES string of the molecule is c1ccc(-c2cc(-c3cccc(-n4c5ccccc5c5ccccc54)c3)nc(-c3cccc(-c4ccc(-c5nc6ccccc6c6c(-c7ccccc7)c7c(cc56)oc5ccccc57)cc4)c3)n2)cc1. The molecule has 0 aliphatic heterocycles. The summed E-state index contributed by atoms with van der Waals surface area (Å²) in [6, 6.07) is 85.5. The van der Waals surface area contributed by atoms with Crippen LogP contribution in [-0.4, -0.2) is 19.5 Å². The van der Waals surface area contributed by atoms with Crippen molar-refractivity contribution < 1.29 is 4.42 Å². The van der Waals surface area contributed by atoms with E-state index in [4.69, 9.17) is 19.4 Å². The molecular formula is C65H40N4O. The zero-order chi connectivity index (χ0) is 46.1.